The summed E-state index contributed by atoms with van der Waals surface area (Å²) >= 11 is 7.58. The number of Topliss-reactive ketones (excluding diaryl/α,β-unsaturated/α-hetero) is 1. The standard InChI is InChI=1S/C23H14ClNOS/c24-15-10-11-20-18(12-15)23(26)21(27-20)13-17-16-8-4-5-9-19(16)25-22(17)14-6-2-1-3-7-14/h1-13,25H. The maximum Gasteiger partial charge on any atom is 0.200 e. The largest absolute Gasteiger partial charge is 0.354 e. The minimum Gasteiger partial charge on any atom is -0.354 e. The van der Waals surface area contributed by atoms with Gasteiger partial charge in [-0.2, -0.15) is 0 Å². The number of hydrogen-bond donors (Lipinski definition) is 1. The van der Waals surface area contributed by atoms with Crippen LogP contribution < -0.4 is 0 Å². The number of ketones is 1. The lowest BCUT2D eigenvalue weighted by molar-refractivity contribution is 0.104. The van der Waals surface area contributed by atoms with Crippen LogP contribution in [0.3, 0.4) is 0 Å². The lowest BCUT2D eigenvalue weighted by Crippen LogP contribution is -1.94. The number of thioether (sulfide) groups is 1. The van der Waals surface area contributed by atoms with Gasteiger partial charge in [-0.1, -0.05) is 71.9 Å². The van der Waals surface area contributed by atoms with E-state index in [2.05, 4.69) is 29.2 Å². The number of nitrogens with one attached hydrogen (secondary N) is 1. The summed E-state index contributed by atoms with van der Waals surface area (Å²) in [7, 11) is 0. The molecule has 0 unspecified atom stereocenters. The summed E-state index contributed by atoms with van der Waals surface area (Å²) in [4.78, 5) is 18.1. The molecular formula is C23H14ClNOS. The van der Waals surface area contributed by atoms with E-state index in [1.807, 2.05) is 48.5 Å². The van der Waals surface area contributed by atoms with E-state index < -0.39 is 0 Å². The summed E-state index contributed by atoms with van der Waals surface area (Å²) in [5, 5.41) is 1.69. The molecule has 1 aromatic heterocycles. The minimum absolute atomic E-state index is 0.0294. The van der Waals surface area contributed by atoms with E-state index in [4.69, 9.17) is 11.6 Å². The fraction of sp³-hybridized carbons (Fsp3) is 0. The maximum atomic E-state index is 12.9. The van der Waals surface area contributed by atoms with Crippen LogP contribution in [-0.2, 0) is 0 Å². The van der Waals surface area contributed by atoms with Gasteiger partial charge in [0.2, 0.25) is 5.78 Å². The Morgan fingerprint density at radius 3 is 2.56 bits per heavy atom. The third-order valence-corrected chi connectivity index (χ3v) is 6.05. The SMILES string of the molecule is O=C1C(=Cc2c(-c3ccccc3)[nH]c3ccccc23)Sc2ccc(Cl)cc21. The highest BCUT2D eigenvalue weighted by molar-refractivity contribution is 8.04. The van der Waals surface area contributed by atoms with Crippen molar-refractivity contribution in [3.63, 3.8) is 0 Å². The van der Waals surface area contributed by atoms with Crippen molar-refractivity contribution in [1.82, 2.24) is 4.98 Å². The summed E-state index contributed by atoms with van der Waals surface area (Å²) in [6, 6.07) is 23.8. The molecule has 0 aliphatic carbocycles. The van der Waals surface area contributed by atoms with Crippen molar-refractivity contribution in [2.75, 3.05) is 0 Å². The number of fused-ring (bicyclic) bond motifs is 2. The van der Waals surface area contributed by atoms with Crippen LogP contribution in [0, 0.1) is 0 Å². The molecule has 3 aromatic carbocycles. The molecule has 0 bridgehead atoms. The first-order valence-corrected chi connectivity index (χ1v) is 9.80. The molecular weight excluding hydrogens is 374 g/mol. The lowest BCUT2D eigenvalue weighted by atomic mass is 10.0. The van der Waals surface area contributed by atoms with Crippen molar-refractivity contribution in [1.29, 1.82) is 0 Å². The molecule has 0 radical (unpaired) electrons. The van der Waals surface area contributed by atoms with Crippen LogP contribution in [0.1, 0.15) is 15.9 Å². The summed E-state index contributed by atoms with van der Waals surface area (Å²) in [6.07, 6.45) is 2.00. The zero-order valence-corrected chi connectivity index (χ0v) is 15.8. The van der Waals surface area contributed by atoms with E-state index in [1.165, 1.54) is 11.8 Å². The zero-order chi connectivity index (χ0) is 18.4. The Bertz CT molecular complexity index is 1220. The molecule has 1 N–H and O–H groups in total. The van der Waals surface area contributed by atoms with E-state index in [0.717, 1.165) is 32.6 Å². The number of benzene rings is 3. The topological polar surface area (TPSA) is 32.9 Å². The average Bonchev–Trinajstić information content (AvgIpc) is 3.21. The monoisotopic (exact) mass is 387 g/mol. The van der Waals surface area contributed by atoms with Crippen LogP contribution in [0.2, 0.25) is 5.02 Å². The second-order valence-corrected chi connectivity index (χ2v) is 7.93. The molecule has 0 atom stereocenters. The molecule has 2 heterocycles. The summed E-state index contributed by atoms with van der Waals surface area (Å²) in [6.45, 7) is 0. The van der Waals surface area contributed by atoms with Crippen LogP contribution in [-0.4, -0.2) is 10.8 Å². The normalized spacial score (nSPS) is 14.9. The number of aromatic nitrogens is 1. The van der Waals surface area contributed by atoms with Gasteiger partial charge < -0.3 is 4.98 Å². The highest BCUT2D eigenvalue weighted by atomic mass is 35.5. The first-order chi connectivity index (χ1) is 13.2. The van der Waals surface area contributed by atoms with Gasteiger partial charge in [0.15, 0.2) is 0 Å². The molecule has 4 heteroatoms. The van der Waals surface area contributed by atoms with Gasteiger partial charge in [-0.25, -0.2) is 0 Å². The summed E-state index contributed by atoms with van der Waals surface area (Å²) in [5.74, 6) is 0.0294. The number of aromatic amines is 1. The summed E-state index contributed by atoms with van der Waals surface area (Å²) < 4.78 is 0. The molecule has 1 aliphatic heterocycles. The molecule has 5 rings (SSSR count). The molecule has 0 spiro atoms. The molecule has 130 valence electrons. The van der Waals surface area contributed by atoms with Crippen LogP contribution in [0.25, 0.3) is 28.2 Å². The Hall–Kier alpha value is -2.75. The molecule has 0 amide bonds. The fourth-order valence-corrected chi connectivity index (χ4v) is 4.62. The van der Waals surface area contributed by atoms with Gasteiger partial charge in [-0.15, -0.1) is 0 Å². The first-order valence-electron chi connectivity index (χ1n) is 8.60. The molecule has 0 saturated carbocycles. The van der Waals surface area contributed by atoms with Crippen molar-refractivity contribution in [3.05, 3.63) is 93.9 Å². The van der Waals surface area contributed by atoms with E-state index in [9.17, 15) is 4.79 Å². The summed E-state index contributed by atoms with van der Waals surface area (Å²) in [5.41, 5.74) is 4.88. The molecule has 0 fully saturated rings. The zero-order valence-electron chi connectivity index (χ0n) is 14.2. The molecule has 4 aromatic rings. The van der Waals surface area contributed by atoms with Crippen LogP contribution in [0.4, 0.5) is 0 Å². The lowest BCUT2D eigenvalue weighted by Gasteiger charge is -2.02. The van der Waals surface area contributed by atoms with Gasteiger partial charge in [-0.3, -0.25) is 4.79 Å². The van der Waals surface area contributed by atoms with Crippen molar-refractivity contribution in [2.24, 2.45) is 0 Å². The molecule has 2 nitrogen and oxygen atoms in total. The Morgan fingerprint density at radius 1 is 0.926 bits per heavy atom. The Labute approximate surface area is 165 Å². The Morgan fingerprint density at radius 2 is 1.70 bits per heavy atom. The van der Waals surface area contributed by atoms with Crippen LogP contribution >= 0.6 is 23.4 Å². The first kappa shape index (κ1) is 16.4. The van der Waals surface area contributed by atoms with Crippen LogP contribution in [0.15, 0.2) is 82.6 Å². The minimum atomic E-state index is 0.0294. The number of carbonyl (C=O) groups excluding carboxylic acids is 1. The van der Waals surface area contributed by atoms with Crippen molar-refractivity contribution in [2.45, 2.75) is 4.90 Å². The Kier molecular flexibility index (Phi) is 3.92. The number of rotatable bonds is 2. The average molecular weight is 388 g/mol. The molecule has 0 saturated heterocycles. The van der Waals surface area contributed by atoms with Gasteiger partial charge in [0.05, 0.1) is 10.6 Å². The molecule has 1 aliphatic rings. The third-order valence-electron chi connectivity index (χ3n) is 4.71. The second-order valence-electron chi connectivity index (χ2n) is 6.41. The smallest absolute Gasteiger partial charge is 0.200 e. The number of hydrogen-bond acceptors (Lipinski definition) is 2. The predicted molar refractivity (Wildman–Crippen MR) is 113 cm³/mol. The fourth-order valence-electron chi connectivity index (χ4n) is 3.44. The number of halogens is 1. The number of para-hydroxylation sites is 1. The predicted octanol–water partition coefficient (Wildman–Crippen LogP) is 6.82. The highest BCUT2D eigenvalue weighted by Gasteiger charge is 2.27. The highest BCUT2D eigenvalue weighted by Crippen LogP contribution is 2.43. The van der Waals surface area contributed by atoms with Crippen molar-refractivity contribution >= 4 is 46.1 Å². The second kappa shape index (κ2) is 6.45. The van der Waals surface area contributed by atoms with Gasteiger partial charge in [-0.05, 0) is 35.9 Å². The number of H-pyrrole nitrogens is 1. The van der Waals surface area contributed by atoms with Crippen molar-refractivity contribution in [3.8, 4) is 11.3 Å². The molecule has 27 heavy (non-hydrogen) atoms. The van der Waals surface area contributed by atoms with E-state index in [0.29, 0.717) is 15.5 Å². The van der Waals surface area contributed by atoms with Crippen molar-refractivity contribution < 1.29 is 4.79 Å². The van der Waals surface area contributed by atoms with Crippen LogP contribution in [0.5, 0.6) is 0 Å². The Balaban J connectivity index is 1.70. The maximum absolute atomic E-state index is 12.9. The third kappa shape index (κ3) is 2.80. The quantitative estimate of drug-likeness (QED) is 0.383. The van der Waals surface area contributed by atoms with Gasteiger partial charge >= 0.3 is 0 Å². The number of carbonyl (C=O) groups is 1. The van der Waals surface area contributed by atoms with Gasteiger partial charge in [0.1, 0.15) is 0 Å². The van der Waals surface area contributed by atoms with Gasteiger partial charge in [0, 0.05) is 31.9 Å². The van der Waals surface area contributed by atoms with E-state index in [1.54, 1.807) is 6.07 Å². The van der Waals surface area contributed by atoms with Gasteiger partial charge in [0.25, 0.3) is 0 Å². The number of allylic oxidation sites excluding steroid dienone is 1. The van der Waals surface area contributed by atoms with E-state index in [-0.39, 0.29) is 5.78 Å². The van der Waals surface area contributed by atoms with E-state index >= 15 is 0 Å².